The minimum absolute atomic E-state index is 0.263. The van der Waals surface area contributed by atoms with Crippen LogP contribution in [0, 0.1) is 12.3 Å². The maximum absolute atomic E-state index is 11.9. The molecule has 0 aliphatic rings. The van der Waals surface area contributed by atoms with Crippen LogP contribution in [0.1, 0.15) is 6.92 Å². The van der Waals surface area contributed by atoms with Gasteiger partial charge in [-0.1, -0.05) is 12.0 Å². The van der Waals surface area contributed by atoms with E-state index in [-0.39, 0.29) is 11.8 Å². The van der Waals surface area contributed by atoms with Gasteiger partial charge in [0.2, 0.25) is 0 Å². The number of anilines is 1. The fourth-order valence-corrected chi connectivity index (χ4v) is 1.07. The maximum atomic E-state index is 11.9. The molecule has 0 radical (unpaired) electrons. The lowest BCUT2D eigenvalue weighted by Gasteiger charge is -2.12. The van der Waals surface area contributed by atoms with E-state index in [0.29, 0.717) is 5.69 Å². The van der Waals surface area contributed by atoms with E-state index < -0.39 is 6.36 Å². The van der Waals surface area contributed by atoms with Gasteiger partial charge in [0.25, 0.3) is 0 Å². The number of nitrogens with one attached hydrogen (secondary N) is 1. The Hall–Kier alpha value is -1.83. The summed E-state index contributed by atoms with van der Waals surface area (Å²) in [5.74, 6) is 2.13. The van der Waals surface area contributed by atoms with E-state index in [0.717, 1.165) is 0 Å². The molecule has 0 fully saturated rings. The second kappa shape index (κ2) is 4.79. The Balaban J connectivity index is 2.76. The van der Waals surface area contributed by atoms with Crippen LogP contribution in [0.15, 0.2) is 24.3 Å². The predicted molar refractivity (Wildman–Crippen MR) is 55.0 cm³/mol. The third-order valence-corrected chi connectivity index (χ3v) is 1.70. The largest absolute Gasteiger partial charge is 0.573 e. The van der Waals surface area contributed by atoms with E-state index in [1.54, 1.807) is 13.0 Å². The van der Waals surface area contributed by atoms with E-state index in [2.05, 4.69) is 16.0 Å². The highest BCUT2D eigenvalue weighted by Crippen LogP contribution is 2.25. The summed E-state index contributed by atoms with van der Waals surface area (Å²) in [7, 11) is 0. The summed E-state index contributed by atoms with van der Waals surface area (Å²) in [5.41, 5.74) is 0.479. The second-order valence-corrected chi connectivity index (χ2v) is 3.11. The van der Waals surface area contributed by atoms with Gasteiger partial charge in [0.05, 0.1) is 6.04 Å². The molecule has 1 N–H and O–H groups in total. The van der Waals surface area contributed by atoms with Gasteiger partial charge in [-0.25, -0.2) is 0 Å². The van der Waals surface area contributed by atoms with Gasteiger partial charge in [-0.15, -0.1) is 19.6 Å². The van der Waals surface area contributed by atoms with Gasteiger partial charge in [0.1, 0.15) is 5.75 Å². The quantitative estimate of drug-likeness (QED) is 0.804. The van der Waals surface area contributed by atoms with Crippen molar-refractivity contribution in [1.82, 2.24) is 0 Å². The molecule has 2 nitrogen and oxygen atoms in total. The summed E-state index contributed by atoms with van der Waals surface area (Å²) in [6.45, 7) is 1.72. The Kier molecular flexibility index (Phi) is 3.67. The van der Waals surface area contributed by atoms with Crippen LogP contribution in [-0.4, -0.2) is 12.4 Å². The smallest absolute Gasteiger partial charge is 0.406 e. The molecule has 1 rings (SSSR count). The van der Waals surface area contributed by atoms with Gasteiger partial charge in [-0.05, 0) is 19.1 Å². The third kappa shape index (κ3) is 4.13. The summed E-state index contributed by atoms with van der Waals surface area (Å²) >= 11 is 0. The van der Waals surface area contributed by atoms with Crippen molar-refractivity contribution in [2.24, 2.45) is 0 Å². The molecule has 1 atom stereocenters. The first-order valence-electron chi connectivity index (χ1n) is 4.49. The molecule has 1 aromatic rings. The molecule has 0 saturated carbocycles. The van der Waals surface area contributed by atoms with E-state index in [1.165, 1.54) is 18.2 Å². The zero-order valence-corrected chi connectivity index (χ0v) is 8.51. The fraction of sp³-hybridized carbons (Fsp3) is 0.273. The number of alkyl halides is 3. The Labute approximate surface area is 91.4 Å². The highest BCUT2D eigenvalue weighted by atomic mass is 19.4. The van der Waals surface area contributed by atoms with Crippen LogP contribution in [0.3, 0.4) is 0 Å². The van der Waals surface area contributed by atoms with Crippen molar-refractivity contribution < 1.29 is 17.9 Å². The predicted octanol–water partition coefficient (Wildman–Crippen LogP) is 3.02. The molecule has 0 aliphatic carbocycles. The summed E-state index contributed by atoms with van der Waals surface area (Å²) < 4.78 is 39.5. The Bertz CT molecular complexity index is 395. The molecule has 86 valence electrons. The molecule has 16 heavy (non-hydrogen) atoms. The number of rotatable bonds is 3. The molecule has 0 amide bonds. The number of hydrogen-bond donors (Lipinski definition) is 1. The van der Waals surface area contributed by atoms with Crippen molar-refractivity contribution in [3.63, 3.8) is 0 Å². The van der Waals surface area contributed by atoms with E-state index in [9.17, 15) is 13.2 Å². The van der Waals surface area contributed by atoms with Crippen molar-refractivity contribution in [1.29, 1.82) is 0 Å². The van der Waals surface area contributed by atoms with Crippen LogP contribution in [0.5, 0.6) is 5.75 Å². The lowest BCUT2D eigenvalue weighted by molar-refractivity contribution is -0.274. The minimum Gasteiger partial charge on any atom is -0.406 e. The summed E-state index contributed by atoms with van der Waals surface area (Å²) in [6.07, 6.45) is 0.452. The second-order valence-electron chi connectivity index (χ2n) is 3.11. The van der Waals surface area contributed by atoms with Crippen LogP contribution >= 0.6 is 0 Å². The molecule has 1 unspecified atom stereocenters. The monoisotopic (exact) mass is 229 g/mol. The number of benzene rings is 1. The van der Waals surface area contributed by atoms with Gasteiger partial charge in [-0.2, -0.15) is 0 Å². The lowest BCUT2D eigenvalue weighted by atomic mass is 10.2. The molecule has 0 heterocycles. The number of halogens is 3. The first-order valence-corrected chi connectivity index (χ1v) is 4.49. The molecular formula is C11H10F3NO. The topological polar surface area (TPSA) is 21.3 Å². The number of hydrogen-bond acceptors (Lipinski definition) is 2. The van der Waals surface area contributed by atoms with Crippen LogP contribution in [-0.2, 0) is 0 Å². The lowest BCUT2D eigenvalue weighted by Crippen LogP contribution is -2.17. The van der Waals surface area contributed by atoms with E-state index in [1.807, 2.05) is 0 Å². The van der Waals surface area contributed by atoms with Gasteiger partial charge in [0, 0.05) is 11.8 Å². The van der Waals surface area contributed by atoms with Gasteiger partial charge in [0.15, 0.2) is 0 Å². The van der Waals surface area contributed by atoms with Crippen molar-refractivity contribution in [3.8, 4) is 18.1 Å². The fourth-order valence-electron chi connectivity index (χ4n) is 1.07. The normalized spacial score (nSPS) is 12.7. The molecule has 0 bridgehead atoms. The highest BCUT2D eigenvalue weighted by molar-refractivity contribution is 5.49. The zero-order chi connectivity index (χ0) is 12.2. The van der Waals surface area contributed by atoms with E-state index >= 15 is 0 Å². The highest BCUT2D eigenvalue weighted by Gasteiger charge is 2.31. The number of terminal acetylenes is 1. The van der Waals surface area contributed by atoms with Crippen molar-refractivity contribution in [3.05, 3.63) is 24.3 Å². The van der Waals surface area contributed by atoms with Crippen LogP contribution < -0.4 is 10.1 Å². The average molecular weight is 229 g/mol. The SMILES string of the molecule is C#CC(C)Nc1cccc(OC(F)(F)F)c1. The average Bonchev–Trinajstić information content (AvgIpc) is 2.15. The van der Waals surface area contributed by atoms with Gasteiger partial charge < -0.3 is 10.1 Å². The summed E-state index contributed by atoms with van der Waals surface area (Å²) in [6, 6.07) is 5.26. The Morgan fingerprint density at radius 2 is 2.12 bits per heavy atom. The van der Waals surface area contributed by atoms with Crippen molar-refractivity contribution in [2.45, 2.75) is 19.3 Å². The molecule has 0 saturated heterocycles. The van der Waals surface area contributed by atoms with Crippen LogP contribution in [0.4, 0.5) is 18.9 Å². The molecular weight excluding hydrogens is 219 g/mol. The number of ether oxygens (including phenoxy) is 1. The summed E-state index contributed by atoms with van der Waals surface area (Å²) in [4.78, 5) is 0. The van der Waals surface area contributed by atoms with Gasteiger partial charge in [-0.3, -0.25) is 0 Å². The van der Waals surface area contributed by atoms with Crippen LogP contribution in [0.2, 0.25) is 0 Å². The first kappa shape index (κ1) is 12.2. The maximum Gasteiger partial charge on any atom is 0.573 e. The van der Waals surface area contributed by atoms with Crippen molar-refractivity contribution in [2.75, 3.05) is 5.32 Å². The van der Waals surface area contributed by atoms with E-state index in [4.69, 9.17) is 6.42 Å². The molecule has 0 aliphatic heterocycles. The molecule has 5 heteroatoms. The summed E-state index contributed by atoms with van der Waals surface area (Å²) in [5, 5.41) is 2.83. The van der Waals surface area contributed by atoms with Gasteiger partial charge >= 0.3 is 6.36 Å². The molecule has 0 aromatic heterocycles. The molecule has 0 spiro atoms. The minimum atomic E-state index is -4.68. The van der Waals surface area contributed by atoms with Crippen LogP contribution in [0.25, 0.3) is 0 Å². The molecule has 1 aromatic carbocycles. The Morgan fingerprint density at radius 1 is 1.44 bits per heavy atom. The third-order valence-electron chi connectivity index (χ3n) is 1.70. The first-order chi connectivity index (χ1) is 7.40. The van der Waals surface area contributed by atoms with Crippen molar-refractivity contribution >= 4 is 5.69 Å². The zero-order valence-electron chi connectivity index (χ0n) is 8.51. The Morgan fingerprint density at radius 3 is 2.69 bits per heavy atom. The standard InChI is InChI=1S/C11H10F3NO/c1-3-8(2)15-9-5-4-6-10(7-9)16-11(12,13)14/h1,4-8,15H,2H3.